The number of nitrogens with two attached hydrogens (primary N) is 1. The van der Waals surface area contributed by atoms with Crippen LogP contribution in [0.25, 0.3) is 11.2 Å². The molecule has 0 amide bonds. The zero-order chi connectivity index (χ0) is 35.2. The Morgan fingerprint density at radius 1 is 1.19 bits per heavy atom. The van der Waals surface area contributed by atoms with E-state index in [2.05, 4.69) is 47.0 Å². The normalized spacial score (nSPS) is 27.4. The maximum atomic E-state index is 12.9. The second-order valence-electron chi connectivity index (χ2n) is 13.8. The number of aliphatic hydroxyl groups is 1. The summed E-state index contributed by atoms with van der Waals surface area (Å²) in [5, 5.41) is 9.92. The van der Waals surface area contributed by atoms with Gasteiger partial charge in [0, 0.05) is 18.9 Å². The summed E-state index contributed by atoms with van der Waals surface area (Å²) in [5.41, 5.74) is 7.46. The Hall–Kier alpha value is -3.16. The number of hydrogen-bond donors (Lipinski definition) is 4. The minimum absolute atomic E-state index is 0.0949. The van der Waals surface area contributed by atoms with Crippen LogP contribution in [0.4, 0.5) is 5.82 Å². The van der Waals surface area contributed by atoms with Crippen molar-refractivity contribution >= 4 is 36.5 Å². The van der Waals surface area contributed by atoms with Crippen LogP contribution in [0.2, 0.25) is 0 Å². The molecule has 1 aliphatic heterocycles. The standard InChI is InChI=1S/C25H38O5.C8H12N5O4P/c1-6-25(4,5)24(28)30-21-12-15(2)11-17-8-7-16(3)20(23(17)21)10-9-19-13-18(26)14-22(27)29-19;9-7-6-8(11-3-10-7)13(4-12-6)1-2-17-5-18(14,15)16/h7-8,11,15-16,18-21,23,26H,6,9-10,12-14H2,1-5H3;3-4H,1-2,5H2,(H2,9,10,11)(H2,14,15,16)/t15-,16-,18+,19+,20-,21-,23-;/m0./s1. The number of ether oxygens (including phenoxy) is 3. The van der Waals surface area contributed by atoms with Gasteiger partial charge in [-0.1, -0.05) is 39.0 Å². The molecule has 3 heterocycles. The maximum absolute atomic E-state index is 12.9. The third-order valence-corrected chi connectivity index (χ3v) is 10.0. The number of esters is 2. The van der Waals surface area contributed by atoms with Crippen LogP contribution in [0, 0.1) is 29.1 Å². The molecule has 0 radical (unpaired) electrons. The molecule has 48 heavy (non-hydrogen) atoms. The molecule has 1 saturated heterocycles. The Labute approximate surface area is 281 Å². The summed E-state index contributed by atoms with van der Waals surface area (Å²) in [5.74, 6) is 1.06. The summed E-state index contributed by atoms with van der Waals surface area (Å²) in [7, 11) is -4.12. The van der Waals surface area contributed by atoms with E-state index in [-0.39, 0.29) is 48.9 Å². The number of carbonyl (C=O) groups is 2. The fourth-order valence-corrected chi connectivity index (χ4v) is 6.85. The first-order valence-electron chi connectivity index (χ1n) is 16.6. The van der Waals surface area contributed by atoms with Crippen molar-refractivity contribution in [2.75, 3.05) is 18.7 Å². The minimum Gasteiger partial charge on any atom is -0.462 e. The summed E-state index contributed by atoms with van der Waals surface area (Å²) in [6, 6.07) is 0. The number of nitrogen functional groups attached to an aromatic ring is 1. The number of rotatable bonds is 11. The largest absolute Gasteiger partial charge is 0.462 e. The van der Waals surface area contributed by atoms with Gasteiger partial charge in [-0.05, 0) is 62.9 Å². The second kappa shape index (κ2) is 16.0. The zero-order valence-electron chi connectivity index (χ0n) is 28.4. The van der Waals surface area contributed by atoms with E-state index < -0.39 is 25.5 Å². The highest BCUT2D eigenvalue weighted by molar-refractivity contribution is 7.51. The monoisotopic (exact) mass is 691 g/mol. The molecule has 2 aromatic heterocycles. The van der Waals surface area contributed by atoms with Crippen molar-refractivity contribution in [1.82, 2.24) is 19.5 Å². The summed E-state index contributed by atoms with van der Waals surface area (Å²) in [6.07, 6.45) is 11.9. The molecule has 1 fully saturated rings. The van der Waals surface area contributed by atoms with Crippen LogP contribution in [0.3, 0.4) is 0 Å². The molecule has 0 spiro atoms. The minimum atomic E-state index is -4.12. The number of fused-ring (bicyclic) bond motifs is 2. The third-order valence-electron chi connectivity index (χ3n) is 9.51. The number of hydrogen-bond acceptors (Lipinski definition) is 11. The van der Waals surface area contributed by atoms with E-state index in [1.807, 2.05) is 20.8 Å². The highest BCUT2D eigenvalue weighted by atomic mass is 31.2. The molecule has 2 aliphatic carbocycles. The summed E-state index contributed by atoms with van der Waals surface area (Å²) in [6.45, 7) is 10.8. The van der Waals surface area contributed by atoms with E-state index >= 15 is 0 Å². The molecule has 266 valence electrons. The predicted octanol–water partition coefficient (Wildman–Crippen LogP) is 4.15. The van der Waals surface area contributed by atoms with Gasteiger partial charge in [0.15, 0.2) is 11.5 Å². The van der Waals surface area contributed by atoms with Crippen molar-refractivity contribution < 1.29 is 43.3 Å². The lowest BCUT2D eigenvalue weighted by Gasteiger charge is -2.44. The number of allylic oxidation sites excluding steroid dienone is 3. The smallest absolute Gasteiger partial charge is 0.350 e. The Balaban J connectivity index is 0.000000246. The molecule has 3 aliphatic rings. The van der Waals surface area contributed by atoms with E-state index in [1.54, 1.807) is 4.57 Å². The van der Waals surface area contributed by atoms with Gasteiger partial charge in [-0.3, -0.25) is 14.2 Å². The molecule has 2 aromatic rings. The molecule has 0 unspecified atom stereocenters. The first-order valence-corrected chi connectivity index (χ1v) is 18.4. The van der Waals surface area contributed by atoms with E-state index in [1.165, 1.54) is 18.2 Å². The van der Waals surface area contributed by atoms with Crippen LogP contribution >= 0.6 is 7.60 Å². The third kappa shape index (κ3) is 9.94. The molecule has 7 atom stereocenters. The van der Waals surface area contributed by atoms with Crippen molar-refractivity contribution in [1.29, 1.82) is 0 Å². The van der Waals surface area contributed by atoms with Crippen molar-refractivity contribution in [2.24, 2.45) is 29.1 Å². The lowest BCUT2D eigenvalue weighted by atomic mass is 9.65. The van der Waals surface area contributed by atoms with Crippen molar-refractivity contribution in [3.8, 4) is 0 Å². The molecule has 0 saturated carbocycles. The van der Waals surface area contributed by atoms with E-state index in [4.69, 9.17) is 29.7 Å². The van der Waals surface area contributed by atoms with Crippen LogP contribution in [0.1, 0.15) is 73.1 Å². The molecule has 5 rings (SSSR count). The molecule has 5 N–H and O–H groups in total. The van der Waals surface area contributed by atoms with Crippen LogP contribution < -0.4 is 5.73 Å². The number of anilines is 1. The van der Waals surface area contributed by atoms with Gasteiger partial charge >= 0.3 is 19.5 Å². The number of aliphatic hydroxyl groups excluding tert-OH is 1. The molecular formula is C33H50N5O9P. The number of carbonyl (C=O) groups excluding carboxylic acids is 2. The van der Waals surface area contributed by atoms with Gasteiger partial charge in [0.1, 0.15) is 30.4 Å². The average molecular weight is 692 g/mol. The molecule has 0 aromatic carbocycles. The lowest BCUT2D eigenvalue weighted by Crippen LogP contribution is -2.43. The lowest BCUT2D eigenvalue weighted by molar-refractivity contribution is -0.166. The predicted molar refractivity (Wildman–Crippen MR) is 178 cm³/mol. The fourth-order valence-electron chi connectivity index (χ4n) is 6.49. The first-order chi connectivity index (χ1) is 22.6. The number of imidazole rings is 1. The SMILES string of the molecule is CCC(C)(C)C(=O)O[C@H]1C[C@@H](C)C=C2C=C[C@H](C)[C@H](CC[C@@H]3C[C@@H](O)CC(=O)O3)[C@H]21.Nc1ncnc2c1ncn2CCOCP(=O)(O)O. The Morgan fingerprint density at radius 3 is 2.62 bits per heavy atom. The summed E-state index contributed by atoms with van der Waals surface area (Å²) in [4.78, 5) is 53.7. The van der Waals surface area contributed by atoms with Crippen molar-refractivity contribution in [3.05, 3.63) is 36.5 Å². The first kappa shape index (κ1) is 37.7. The van der Waals surface area contributed by atoms with E-state index in [0.717, 1.165) is 25.7 Å². The van der Waals surface area contributed by atoms with Gasteiger partial charge in [-0.25, -0.2) is 15.0 Å². The highest BCUT2D eigenvalue weighted by Crippen LogP contribution is 2.45. The van der Waals surface area contributed by atoms with Crippen LogP contribution in [0.5, 0.6) is 0 Å². The van der Waals surface area contributed by atoms with Gasteiger partial charge in [0.05, 0.1) is 30.9 Å². The Kier molecular flexibility index (Phi) is 12.6. The summed E-state index contributed by atoms with van der Waals surface area (Å²) < 4.78 is 28.7. The van der Waals surface area contributed by atoms with Gasteiger partial charge < -0.3 is 39.4 Å². The quantitative estimate of drug-likeness (QED) is 0.149. The molecule has 0 bridgehead atoms. The Morgan fingerprint density at radius 2 is 1.94 bits per heavy atom. The van der Waals surface area contributed by atoms with E-state index in [0.29, 0.717) is 41.9 Å². The van der Waals surface area contributed by atoms with E-state index in [9.17, 15) is 19.3 Å². The number of aromatic nitrogens is 4. The Bertz CT molecular complexity index is 1540. The van der Waals surface area contributed by atoms with Crippen molar-refractivity contribution in [2.45, 2.75) is 98.0 Å². The van der Waals surface area contributed by atoms with Gasteiger partial charge in [-0.2, -0.15) is 0 Å². The molecule has 15 heteroatoms. The van der Waals surface area contributed by atoms with Crippen LogP contribution in [0.15, 0.2) is 36.5 Å². The summed E-state index contributed by atoms with van der Waals surface area (Å²) >= 11 is 0. The second-order valence-corrected chi connectivity index (χ2v) is 15.4. The fraction of sp³-hybridized carbons (Fsp3) is 0.667. The highest BCUT2D eigenvalue weighted by Gasteiger charge is 2.43. The molecular weight excluding hydrogens is 641 g/mol. The topological polar surface area (TPSA) is 209 Å². The van der Waals surface area contributed by atoms with Crippen LogP contribution in [-0.4, -0.2) is 77.6 Å². The zero-order valence-corrected chi connectivity index (χ0v) is 29.3. The number of cyclic esters (lactones) is 1. The number of nitrogens with zero attached hydrogens (tertiary/aromatic N) is 4. The van der Waals surface area contributed by atoms with Gasteiger partial charge in [0.2, 0.25) is 0 Å². The van der Waals surface area contributed by atoms with Crippen LogP contribution in [-0.2, 0) is 34.9 Å². The van der Waals surface area contributed by atoms with Crippen molar-refractivity contribution in [3.63, 3.8) is 0 Å². The van der Waals surface area contributed by atoms with Gasteiger partial charge in [0.25, 0.3) is 0 Å². The maximum Gasteiger partial charge on any atom is 0.350 e. The average Bonchev–Trinajstić information content (AvgIpc) is 3.42. The van der Waals surface area contributed by atoms with Gasteiger partial charge in [-0.15, -0.1) is 0 Å². The molecule has 14 nitrogen and oxygen atoms in total.